The number of amides is 1. The first-order chi connectivity index (χ1) is 12.5. The number of carbonyl (C=O) groups is 1. The average Bonchev–Trinajstić information content (AvgIpc) is 2.59. The minimum Gasteiger partial charge on any atom is -0.365 e. The number of hydrogen-bond acceptors (Lipinski definition) is 3. The van der Waals surface area contributed by atoms with Crippen molar-refractivity contribution in [2.45, 2.75) is 5.75 Å². The van der Waals surface area contributed by atoms with E-state index in [-0.39, 0.29) is 11.6 Å². The summed E-state index contributed by atoms with van der Waals surface area (Å²) in [5, 5.41) is 0. The number of sulfone groups is 1. The zero-order valence-electron chi connectivity index (χ0n) is 13.1. The maximum atomic E-state index is 13.7. The highest BCUT2D eigenvalue weighted by atomic mass is 32.2. The Bertz CT molecular complexity index is 1020. The number of primary amides is 1. The first-order valence-corrected chi connectivity index (χ1v) is 8.61. The predicted octanol–water partition coefficient (Wildman–Crippen LogP) is 2.96. The third-order valence-corrected chi connectivity index (χ3v) is 5.07. The summed E-state index contributed by atoms with van der Waals surface area (Å²) in [7, 11) is -4.66. The molecule has 0 heterocycles. The Balaban J connectivity index is 2.61. The van der Waals surface area contributed by atoms with Crippen molar-refractivity contribution in [1.82, 2.24) is 0 Å². The molecule has 1 amide bonds. The summed E-state index contributed by atoms with van der Waals surface area (Å²) in [6, 6.07) is 3.96. The average molecular weight is 409 g/mol. The van der Waals surface area contributed by atoms with Crippen LogP contribution in [0.15, 0.2) is 29.2 Å². The molecule has 2 N–H and O–H groups in total. The maximum absolute atomic E-state index is 13.7. The highest BCUT2D eigenvalue weighted by Gasteiger charge is 2.29. The van der Waals surface area contributed by atoms with Gasteiger partial charge in [-0.2, -0.15) is 0 Å². The monoisotopic (exact) mass is 409 g/mol. The van der Waals surface area contributed by atoms with Crippen LogP contribution in [0, 0.1) is 34.9 Å². The summed E-state index contributed by atoms with van der Waals surface area (Å²) in [4.78, 5) is 10.1. The van der Waals surface area contributed by atoms with Crippen LogP contribution in [0.2, 0.25) is 0 Å². The molecular formula is C16H9F6NO3S. The fourth-order valence-electron chi connectivity index (χ4n) is 2.07. The molecule has 0 spiro atoms. The zero-order valence-corrected chi connectivity index (χ0v) is 13.9. The lowest BCUT2D eigenvalue weighted by Gasteiger charge is -2.09. The standard InChI is InChI=1S/C16H9F6NO3S/c17-8-3-1-7(2-4-8)6-27(25,26)10(16(23)24)5-9-11(18)13(20)15(22)14(21)12(9)19/h1-5H,6H2,(H2,23,24)/b10-5-. The largest absolute Gasteiger partial charge is 0.365 e. The maximum Gasteiger partial charge on any atom is 0.260 e. The first kappa shape index (κ1) is 20.5. The molecular weight excluding hydrogens is 400 g/mol. The van der Waals surface area contributed by atoms with Crippen molar-refractivity contribution in [2.75, 3.05) is 0 Å². The van der Waals surface area contributed by atoms with Crippen molar-refractivity contribution in [3.63, 3.8) is 0 Å². The van der Waals surface area contributed by atoms with Crippen molar-refractivity contribution in [1.29, 1.82) is 0 Å². The molecule has 0 fully saturated rings. The van der Waals surface area contributed by atoms with Gasteiger partial charge in [0, 0.05) is 0 Å². The minimum absolute atomic E-state index is 0.0130. The van der Waals surface area contributed by atoms with E-state index in [9.17, 15) is 39.6 Å². The van der Waals surface area contributed by atoms with Crippen LogP contribution in [0.25, 0.3) is 6.08 Å². The van der Waals surface area contributed by atoms with E-state index in [1.54, 1.807) is 0 Å². The fourth-order valence-corrected chi connectivity index (χ4v) is 3.46. The van der Waals surface area contributed by atoms with Crippen LogP contribution in [-0.4, -0.2) is 14.3 Å². The molecule has 0 aliphatic rings. The Morgan fingerprint density at radius 1 is 0.852 bits per heavy atom. The summed E-state index contributed by atoms with van der Waals surface area (Å²) >= 11 is 0. The second kappa shape index (κ2) is 7.43. The second-order valence-electron chi connectivity index (χ2n) is 5.24. The van der Waals surface area contributed by atoms with Gasteiger partial charge in [0.2, 0.25) is 5.82 Å². The summed E-state index contributed by atoms with van der Waals surface area (Å²) in [6.07, 6.45) is -0.0303. The molecule has 144 valence electrons. The van der Waals surface area contributed by atoms with Gasteiger partial charge < -0.3 is 5.73 Å². The molecule has 0 unspecified atom stereocenters. The Morgan fingerprint density at radius 2 is 1.30 bits per heavy atom. The van der Waals surface area contributed by atoms with Gasteiger partial charge in [-0.3, -0.25) is 4.79 Å². The molecule has 2 rings (SSSR count). The van der Waals surface area contributed by atoms with Gasteiger partial charge in [0.25, 0.3) is 5.91 Å². The van der Waals surface area contributed by atoms with E-state index in [2.05, 4.69) is 0 Å². The first-order valence-electron chi connectivity index (χ1n) is 6.96. The van der Waals surface area contributed by atoms with Crippen molar-refractivity contribution in [3.8, 4) is 0 Å². The summed E-state index contributed by atoms with van der Waals surface area (Å²) < 4.78 is 105. The van der Waals surface area contributed by atoms with E-state index in [1.165, 1.54) is 0 Å². The molecule has 0 saturated heterocycles. The van der Waals surface area contributed by atoms with Gasteiger partial charge >= 0.3 is 0 Å². The van der Waals surface area contributed by atoms with E-state index >= 15 is 0 Å². The molecule has 0 radical (unpaired) electrons. The number of nitrogens with two attached hydrogens (primary N) is 1. The van der Waals surface area contributed by atoms with E-state index < -0.39 is 66.9 Å². The molecule has 0 aliphatic carbocycles. The van der Waals surface area contributed by atoms with Gasteiger partial charge in [-0.15, -0.1) is 0 Å². The molecule has 0 saturated carbocycles. The van der Waals surface area contributed by atoms with Gasteiger partial charge in [0.05, 0.1) is 11.3 Å². The number of carbonyl (C=O) groups excluding carboxylic acids is 1. The van der Waals surface area contributed by atoms with Gasteiger partial charge in [-0.25, -0.2) is 34.8 Å². The topological polar surface area (TPSA) is 77.2 Å². The molecule has 0 aromatic heterocycles. The fraction of sp³-hybridized carbons (Fsp3) is 0.0625. The number of halogens is 6. The molecule has 11 heteroatoms. The SMILES string of the molecule is NC(=O)/C(=C/c1c(F)c(F)c(F)c(F)c1F)S(=O)(=O)Cc1ccc(F)cc1. The van der Waals surface area contributed by atoms with Gasteiger partial charge in [-0.1, -0.05) is 12.1 Å². The summed E-state index contributed by atoms with van der Waals surface area (Å²) in [6.45, 7) is 0. The van der Waals surface area contributed by atoms with Crippen LogP contribution in [0.4, 0.5) is 26.3 Å². The minimum atomic E-state index is -4.66. The van der Waals surface area contributed by atoms with Crippen molar-refractivity contribution in [2.24, 2.45) is 5.73 Å². The lowest BCUT2D eigenvalue weighted by Crippen LogP contribution is -2.22. The molecule has 0 atom stereocenters. The molecule has 27 heavy (non-hydrogen) atoms. The van der Waals surface area contributed by atoms with Gasteiger partial charge in [0.15, 0.2) is 33.1 Å². The number of hydrogen-bond donors (Lipinski definition) is 1. The Kier molecular flexibility index (Phi) is 5.64. The quantitative estimate of drug-likeness (QED) is 0.357. The predicted molar refractivity (Wildman–Crippen MR) is 82.4 cm³/mol. The molecule has 2 aromatic rings. The smallest absolute Gasteiger partial charge is 0.260 e. The van der Waals surface area contributed by atoms with Crippen LogP contribution in [-0.2, 0) is 20.4 Å². The molecule has 0 aliphatic heterocycles. The van der Waals surface area contributed by atoms with Crippen LogP contribution >= 0.6 is 0 Å². The van der Waals surface area contributed by atoms with Crippen LogP contribution in [0.1, 0.15) is 11.1 Å². The summed E-state index contributed by atoms with van der Waals surface area (Å²) in [5.74, 6) is -15.0. The van der Waals surface area contributed by atoms with E-state index in [4.69, 9.17) is 5.73 Å². The second-order valence-corrected chi connectivity index (χ2v) is 7.20. The van der Waals surface area contributed by atoms with Crippen LogP contribution < -0.4 is 5.73 Å². The highest BCUT2D eigenvalue weighted by Crippen LogP contribution is 2.26. The third kappa shape index (κ3) is 4.13. The third-order valence-electron chi connectivity index (χ3n) is 3.37. The Labute approximate surface area is 148 Å². The van der Waals surface area contributed by atoms with Crippen molar-refractivity contribution in [3.05, 3.63) is 75.2 Å². The lowest BCUT2D eigenvalue weighted by molar-refractivity contribution is -0.113. The molecule has 2 aromatic carbocycles. The highest BCUT2D eigenvalue weighted by molar-refractivity contribution is 7.95. The van der Waals surface area contributed by atoms with Crippen molar-refractivity contribution >= 4 is 21.8 Å². The zero-order chi connectivity index (χ0) is 20.5. The molecule has 4 nitrogen and oxygen atoms in total. The van der Waals surface area contributed by atoms with Crippen LogP contribution in [0.3, 0.4) is 0 Å². The lowest BCUT2D eigenvalue weighted by atomic mass is 10.1. The number of benzene rings is 2. The Morgan fingerprint density at radius 3 is 1.74 bits per heavy atom. The van der Waals surface area contributed by atoms with Gasteiger partial charge in [0.1, 0.15) is 10.7 Å². The van der Waals surface area contributed by atoms with E-state index in [0.717, 1.165) is 24.3 Å². The van der Waals surface area contributed by atoms with E-state index in [0.29, 0.717) is 0 Å². The van der Waals surface area contributed by atoms with Gasteiger partial charge in [-0.05, 0) is 23.8 Å². The Hall–Kier alpha value is -2.82. The number of rotatable bonds is 5. The van der Waals surface area contributed by atoms with E-state index in [1.807, 2.05) is 0 Å². The molecule has 0 bridgehead atoms. The normalized spacial score (nSPS) is 12.3. The van der Waals surface area contributed by atoms with Crippen molar-refractivity contribution < 1.29 is 39.6 Å². The summed E-state index contributed by atoms with van der Waals surface area (Å²) in [5.41, 5.74) is 3.25. The van der Waals surface area contributed by atoms with Crippen LogP contribution in [0.5, 0.6) is 0 Å².